The van der Waals surface area contributed by atoms with Crippen LogP contribution < -0.4 is 0 Å². The fraction of sp³-hybridized carbons (Fsp3) is 0.562. The molecule has 0 heterocycles. The van der Waals surface area contributed by atoms with Crippen LogP contribution in [0, 0.1) is 28.5 Å². The third kappa shape index (κ3) is 3.09. The summed E-state index contributed by atoms with van der Waals surface area (Å²) in [7, 11) is 0. The maximum Gasteiger partial charge on any atom is 0.127 e. The Morgan fingerprint density at radius 3 is 2.95 bits per heavy atom. The van der Waals surface area contributed by atoms with Crippen LogP contribution in [0.1, 0.15) is 44.6 Å². The average Bonchev–Trinajstić information content (AvgIpc) is 2.43. The van der Waals surface area contributed by atoms with Crippen LogP contribution in [0.4, 0.5) is 4.39 Å². The normalized spacial score (nSPS) is 26.9. The number of hydrogen-bond donors (Lipinski definition) is 0. The van der Waals surface area contributed by atoms with Gasteiger partial charge in [-0.05, 0) is 37.3 Å². The summed E-state index contributed by atoms with van der Waals surface area (Å²) in [6, 6.07) is 7.19. The highest BCUT2D eigenvalue weighted by Crippen LogP contribution is 2.43. The molecule has 102 valence electrons. The van der Waals surface area contributed by atoms with Crippen molar-refractivity contribution >= 4 is 11.6 Å². The van der Waals surface area contributed by atoms with E-state index in [4.69, 9.17) is 11.6 Å². The van der Waals surface area contributed by atoms with Crippen LogP contribution in [0.3, 0.4) is 0 Å². The van der Waals surface area contributed by atoms with E-state index < -0.39 is 5.41 Å². The van der Waals surface area contributed by atoms with E-state index >= 15 is 0 Å². The Morgan fingerprint density at radius 1 is 1.53 bits per heavy atom. The fourth-order valence-corrected chi connectivity index (χ4v) is 3.41. The summed E-state index contributed by atoms with van der Waals surface area (Å²) in [6.45, 7) is 2.16. The second kappa shape index (κ2) is 5.92. The maximum absolute atomic E-state index is 13.9. The minimum Gasteiger partial charge on any atom is -0.207 e. The first-order valence-electron chi connectivity index (χ1n) is 6.94. The smallest absolute Gasteiger partial charge is 0.127 e. The Balaban J connectivity index is 2.26. The molecule has 1 fully saturated rings. The Hall–Kier alpha value is -1.07. The van der Waals surface area contributed by atoms with Gasteiger partial charge in [-0.2, -0.15) is 5.26 Å². The molecule has 2 rings (SSSR count). The summed E-state index contributed by atoms with van der Waals surface area (Å²) in [6.07, 6.45) is 5.48. The molecule has 0 radical (unpaired) electrons. The lowest BCUT2D eigenvalue weighted by Crippen LogP contribution is -2.29. The zero-order valence-corrected chi connectivity index (χ0v) is 12.0. The van der Waals surface area contributed by atoms with Crippen molar-refractivity contribution in [3.63, 3.8) is 0 Å². The summed E-state index contributed by atoms with van der Waals surface area (Å²) in [4.78, 5) is 0. The van der Waals surface area contributed by atoms with Gasteiger partial charge in [0.15, 0.2) is 0 Å². The van der Waals surface area contributed by atoms with E-state index in [-0.39, 0.29) is 5.82 Å². The quantitative estimate of drug-likeness (QED) is 0.752. The Bertz CT molecular complexity index is 474. The van der Waals surface area contributed by atoms with Gasteiger partial charge in [-0.25, -0.2) is 4.39 Å². The topological polar surface area (TPSA) is 23.8 Å². The van der Waals surface area contributed by atoms with Crippen molar-refractivity contribution in [3.05, 3.63) is 34.6 Å². The molecule has 3 heteroatoms. The van der Waals surface area contributed by atoms with Crippen molar-refractivity contribution in [1.82, 2.24) is 0 Å². The first-order chi connectivity index (χ1) is 9.10. The lowest BCUT2D eigenvalue weighted by molar-refractivity contribution is 0.192. The summed E-state index contributed by atoms with van der Waals surface area (Å²) in [5.74, 6) is 0.291. The summed E-state index contributed by atoms with van der Waals surface area (Å²) >= 11 is 6.09. The van der Waals surface area contributed by atoms with Gasteiger partial charge in [-0.3, -0.25) is 0 Å². The summed E-state index contributed by atoms with van der Waals surface area (Å²) < 4.78 is 13.9. The standard InChI is InChI=1S/C16H19ClFN/c1-2-12-5-4-8-16(9-12,11-19)10-13-14(17)6-3-7-15(13)18/h3,6-7,12H,2,4-5,8-10H2,1H3. The zero-order valence-electron chi connectivity index (χ0n) is 11.3. The van der Waals surface area contributed by atoms with E-state index in [0.29, 0.717) is 22.9 Å². The maximum atomic E-state index is 13.9. The third-order valence-corrected chi connectivity index (χ3v) is 4.69. The summed E-state index contributed by atoms with van der Waals surface area (Å²) in [5.41, 5.74) is 0.0626. The minimum absolute atomic E-state index is 0.291. The van der Waals surface area contributed by atoms with Gasteiger partial charge < -0.3 is 0 Å². The number of halogens is 2. The Labute approximate surface area is 119 Å². The zero-order chi connectivity index (χ0) is 13.9. The Kier molecular flexibility index (Phi) is 4.47. The molecule has 0 saturated heterocycles. The van der Waals surface area contributed by atoms with Crippen LogP contribution in [-0.4, -0.2) is 0 Å². The van der Waals surface area contributed by atoms with Gasteiger partial charge >= 0.3 is 0 Å². The van der Waals surface area contributed by atoms with E-state index in [2.05, 4.69) is 13.0 Å². The molecule has 0 aliphatic heterocycles. The number of hydrogen-bond acceptors (Lipinski definition) is 1. The van der Waals surface area contributed by atoms with Crippen LogP contribution in [0.5, 0.6) is 0 Å². The van der Waals surface area contributed by atoms with E-state index in [1.54, 1.807) is 12.1 Å². The molecule has 1 saturated carbocycles. The molecule has 1 aromatic carbocycles. The first kappa shape index (κ1) is 14.3. The predicted molar refractivity (Wildman–Crippen MR) is 75.4 cm³/mol. The molecule has 0 amide bonds. The van der Waals surface area contributed by atoms with Crippen LogP contribution in [0.2, 0.25) is 5.02 Å². The minimum atomic E-state index is -0.440. The van der Waals surface area contributed by atoms with Crippen LogP contribution in [0.25, 0.3) is 0 Å². The van der Waals surface area contributed by atoms with Crippen molar-refractivity contribution < 1.29 is 4.39 Å². The first-order valence-corrected chi connectivity index (χ1v) is 7.32. The molecule has 0 N–H and O–H groups in total. The van der Waals surface area contributed by atoms with Crippen molar-refractivity contribution in [2.45, 2.75) is 45.4 Å². The van der Waals surface area contributed by atoms with Crippen LogP contribution in [-0.2, 0) is 6.42 Å². The van der Waals surface area contributed by atoms with E-state index in [1.807, 2.05) is 0 Å². The Morgan fingerprint density at radius 2 is 2.32 bits per heavy atom. The molecule has 2 unspecified atom stereocenters. The van der Waals surface area contributed by atoms with Gasteiger partial charge in [0, 0.05) is 10.6 Å². The largest absolute Gasteiger partial charge is 0.207 e. The van der Waals surface area contributed by atoms with Crippen LogP contribution in [0.15, 0.2) is 18.2 Å². The highest BCUT2D eigenvalue weighted by atomic mass is 35.5. The molecular weight excluding hydrogens is 261 g/mol. The van der Waals surface area contributed by atoms with E-state index in [1.165, 1.54) is 12.5 Å². The van der Waals surface area contributed by atoms with Crippen molar-refractivity contribution in [1.29, 1.82) is 5.26 Å². The number of benzene rings is 1. The van der Waals surface area contributed by atoms with E-state index in [9.17, 15) is 9.65 Å². The molecule has 2 atom stereocenters. The molecule has 19 heavy (non-hydrogen) atoms. The molecule has 0 aromatic heterocycles. The van der Waals surface area contributed by atoms with E-state index in [0.717, 1.165) is 25.7 Å². The van der Waals surface area contributed by atoms with Crippen molar-refractivity contribution in [2.24, 2.45) is 11.3 Å². The molecule has 0 bridgehead atoms. The average molecular weight is 280 g/mol. The second-order valence-corrected chi connectivity index (χ2v) is 6.05. The molecule has 0 spiro atoms. The molecule has 1 aliphatic rings. The lowest BCUT2D eigenvalue weighted by atomic mass is 9.67. The number of rotatable bonds is 3. The second-order valence-electron chi connectivity index (χ2n) is 5.64. The molecule has 1 aromatic rings. The van der Waals surface area contributed by atoms with Gasteiger partial charge in [-0.1, -0.05) is 43.9 Å². The van der Waals surface area contributed by atoms with Crippen molar-refractivity contribution in [3.8, 4) is 6.07 Å². The number of nitriles is 1. The highest BCUT2D eigenvalue weighted by molar-refractivity contribution is 6.31. The molecular formula is C16H19ClFN. The number of nitrogens with zero attached hydrogens (tertiary/aromatic N) is 1. The molecule has 1 aliphatic carbocycles. The van der Waals surface area contributed by atoms with Crippen LogP contribution >= 0.6 is 11.6 Å². The lowest BCUT2D eigenvalue weighted by Gasteiger charge is -2.35. The third-order valence-electron chi connectivity index (χ3n) is 4.34. The van der Waals surface area contributed by atoms with Gasteiger partial charge in [0.05, 0.1) is 11.5 Å². The molecule has 1 nitrogen and oxygen atoms in total. The van der Waals surface area contributed by atoms with Gasteiger partial charge in [0.2, 0.25) is 0 Å². The SMILES string of the molecule is CCC1CCCC(C#N)(Cc2c(F)cccc2Cl)C1. The fourth-order valence-electron chi connectivity index (χ4n) is 3.18. The van der Waals surface area contributed by atoms with Gasteiger partial charge in [-0.15, -0.1) is 0 Å². The highest BCUT2D eigenvalue weighted by Gasteiger charge is 2.37. The van der Waals surface area contributed by atoms with Gasteiger partial charge in [0.25, 0.3) is 0 Å². The van der Waals surface area contributed by atoms with Crippen molar-refractivity contribution in [2.75, 3.05) is 0 Å². The predicted octanol–water partition coefficient (Wildman–Crippen LogP) is 5.13. The summed E-state index contributed by atoms with van der Waals surface area (Å²) in [5, 5.41) is 10.0. The van der Waals surface area contributed by atoms with Gasteiger partial charge in [0.1, 0.15) is 5.82 Å². The monoisotopic (exact) mass is 279 g/mol.